The van der Waals surface area contributed by atoms with Crippen molar-refractivity contribution in [1.82, 2.24) is 19.5 Å². The first-order valence-corrected chi connectivity index (χ1v) is 9.47. The normalized spacial score (nSPS) is 10.9. The minimum Gasteiger partial charge on any atom is -0.324 e. The van der Waals surface area contributed by atoms with Crippen LogP contribution in [0.1, 0.15) is 11.3 Å². The van der Waals surface area contributed by atoms with Gasteiger partial charge in [0.1, 0.15) is 21.9 Å². The summed E-state index contributed by atoms with van der Waals surface area (Å²) in [6.45, 7) is 3.57. The van der Waals surface area contributed by atoms with Crippen molar-refractivity contribution in [2.45, 2.75) is 20.4 Å². The van der Waals surface area contributed by atoms with Crippen molar-refractivity contribution in [3.63, 3.8) is 0 Å². The third kappa shape index (κ3) is 3.67. The minimum absolute atomic E-state index is 0.0865. The maximum atomic E-state index is 12.3. The van der Waals surface area contributed by atoms with Gasteiger partial charge >= 0.3 is 0 Å². The Balaban J connectivity index is 1.52. The first-order valence-electron chi connectivity index (χ1n) is 8.65. The Hall–Kier alpha value is -3.39. The third-order valence-corrected chi connectivity index (χ3v) is 5.27. The third-order valence-electron chi connectivity index (χ3n) is 4.24. The van der Waals surface area contributed by atoms with E-state index in [1.807, 2.05) is 37.3 Å². The maximum absolute atomic E-state index is 12.3. The predicted octanol–water partition coefficient (Wildman–Crippen LogP) is 3.17. The van der Waals surface area contributed by atoms with Crippen molar-refractivity contribution in [2.24, 2.45) is 0 Å². The largest absolute Gasteiger partial charge is 0.324 e. The Morgan fingerprint density at radius 3 is 2.79 bits per heavy atom. The van der Waals surface area contributed by atoms with Gasteiger partial charge in [-0.25, -0.2) is 15.0 Å². The molecule has 0 aliphatic heterocycles. The summed E-state index contributed by atoms with van der Waals surface area (Å²) in [5, 5.41) is 3.73. The minimum atomic E-state index is -0.284. The molecule has 1 N–H and O–H groups in total. The first-order chi connectivity index (χ1) is 13.5. The number of anilines is 1. The van der Waals surface area contributed by atoms with Gasteiger partial charge in [-0.15, -0.1) is 0 Å². The van der Waals surface area contributed by atoms with Crippen LogP contribution in [-0.2, 0) is 11.3 Å². The Morgan fingerprint density at radius 1 is 1.18 bits per heavy atom. The topological polar surface area (TPSA) is 89.8 Å². The predicted molar refractivity (Wildman–Crippen MR) is 109 cm³/mol. The zero-order valence-electron chi connectivity index (χ0n) is 15.3. The molecule has 0 saturated heterocycles. The van der Waals surface area contributed by atoms with Gasteiger partial charge in [0.05, 0.1) is 6.33 Å². The number of thiazole rings is 1. The molecule has 140 valence electrons. The number of fused-ring (bicyclic) bond motifs is 1. The summed E-state index contributed by atoms with van der Waals surface area (Å²) in [7, 11) is 0. The number of carbonyl (C=O) groups is 1. The van der Waals surface area contributed by atoms with E-state index in [9.17, 15) is 9.59 Å². The van der Waals surface area contributed by atoms with Crippen molar-refractivity contribution in [3.05, 3.63) is 70.5 Å². The van der Waals surface area contributed by atoms with E-state index in [2.05, 4.69) is 20.3 Å². The van der Waals surface area contributed by atoms with Crippen molar-refractivity contribution in [3.8, 4) is 10.6 Å². The number of rotatable bonds is 4. The van der Waals surface area contributed by atoms with Gasteiger partial charge in [0.15, 0.2) is 0 Å². The summed E-state index contributed by atoms with van der Waals surface area (Å²) < 4.78 is 1.28. The molecule has 4 rings (SSSR count). The van der Waals surface area contributed by atoms with Crippen molar-refractivity contribution >= 4 is 33.3 Å². The van der Waals surface area contributed by atoms with Crippen molar-refractivity contribution in [2.75, 3.05) is 5.32 Å². The Labute approximate surface area is 164 Å². The molecule has 0 radical (unpaired) electrons. The lowest BCUT2D eigenvalue weighted by Gasteiger charge is -2.10. The van der Waals surface area contributed by atoms with E-state index in [4.69, 9.17) is 0 Å². The average molecular weight is 391 g/mol. The summed E-state index contributed by atoms with van der Waals surface area (Å²) in [4.78, 5) is 38.1. The van der Waals surface area contributed by atoms with E-state index in [1.165, 1.54) is 28.3 Å². The lowest BCUT2D eigenvalue weighted by molar-refractivity contribution is -0.116. The van der Waals surface area contributed by atoms with Gasteiger partial charge in [-0.2, -0.15) is 0 Å². The van der Waals surface area contributed by atoms with E-state index in [-0.39, 0.29) is 18.0 Å². The van der Waals surface area contributed by atoms with E-state index >= 15 is 0 Å². The highest BCUT2D eigenvalue weighted by molar-refractivity contribution is 7.21. The molecule has 4 aromatic rings. The van der Waals surface area contributed by atoms with Crippen LogP contribution < -0.4 is 10.9 Å². The summed E-state index contributed by atoms with van der Waals surface area (Å²) in [5.74, 6) is -0.284. The summed E-state index contributed by atoms with van der Waals surface area (Å²) in [5.41, 5.74) is 3.82. The molecule has 1 amide bonds. The molecule has 0 atom stereocenters. The highest BCUT2D eigenvalue weighted by Crippen LogP contribution is 2.30. The average Bonchev–Trinajstić information content (AvgIpc) is 3.10. The van der Waals surface area contributed by atoms with E-state index in [1.54, 1.807) is 13.1 Å². The number of aromatic nitrogens is 4. The molecular formula is C20H17N5O2S. The Bertz CT molecular complexity index is 1210. The van der Waals surface area contributed by atoms with Crippen LogP contribution in [0.15, 0.2) is 53.7 Å². The number of hydrogen-bond acceptors (Lipinski definition) is 6. The van der Waals surface area contributed by atoms with Gasteiger partial charge in [0, 0.05) is 29.2 Å². The van der Waals surface area contributed by atoms with Crippen LogP contribution in [0, 0.1) is 13.8 Å². The number of nitrogens with one attached hydrogen (secondary N) is 1. The highest BCUT2D eigenvalue weighted by atomic mass is 32.1. The van der Waals surface area contributed by atoms with Crippen LogP contribution in [0.4, 0.5) is 5.69 Å². The standard InChI is InChI=1S/C20H17N5O2S/c1-12-8-14(19-24-16-4-3-7-21-20(16)28-19)5-6-15(12)23-17(26)10-25-11-22-13(2)9-18(25)27/h3-9,11H,10H2,1-2H3,(H,23,26). The number of aryl methyl sites for hydroxylation is 2. The molecule has 0 spiro atoms. The van der Waals surface area contributed by atoms with Crippen LogP contribution in [0.5, 0.6) is 0 Å². The number of hydrogen-bond donors (Lipinski definition) is 1. The van der Waals surface area contributed by atoms with Gasteiger partial charge in [0.2, 0.25) is 5.91 Å². The molecule has 0 saturated carbocycles. The van der Waals surface area contributed by atoms with Gasteiger partial charge < -0.3 is 5.32 Å². The van der Waals surface area contributed by atoms with Crippen LogP contribution in [0.25, 0.3) is 20.9 Å². The number of pyridine rings is 1. The van der Waals surface area contributed by atoms with E-state index in [0.717, 1.165) is 26.5 Å². The second-order valence-corrected chi connectivity index (χ2v) is 7.40. The van der Waals surface area contributed by atoms with Crippen LogP contribution in [0.3, 0.4) is 0 Å². The molecular weight excluding hydrogens is 374 g/mol. The molecule has 1 aromatic carbocycles. The number of nitrogens with zero attached hydrogens (tertiary/aromatic N) is 4. The summed E-state index contributed by atoms with van der Waals surface area (Å²) in [6, 6.07) is 10.9. The Morgan fingerprint density at radius 2 is 2.04 bits per heavy atom. The lowest BCUT2D eigenvalue weighted by Crippen LogP contribution is -2.27. The Kier molecular flexibility index (Phi) is 4.70. The van der Waals surface area contributed by atoms with Gasteiger partial charge in [-0.3, -0.25) is 14.2 Å². The highest BCUT2D eigenvalue weighted by Gasteiger charge is 2.11. The molecule has 3 aromatic heterocycles. The zero-order valence-corrected chi connectivity index (χ0v) is 16.2. The molecule has 28 heavy (non-hydrogen) atoms. The van der Waals surface area contributed by atoms with Crippen LogP contribution >= 0.6 is 11.3 Å². The number of amides is 1. The molecule has 7 nitrogen and oxygen atoms in total. The first kappa shape index (κ1) is 18.0. The van der Waals surface area contributed by atoms with E-state index < -0.39 is 0 Å². The molecule has 0 aliphatic carbocycles. The maximum Gasteiger partial charge on any atom is 0.253 e. The molecule has 3 heterocycles. The van der Waals surface area contributed by atoms with Crippen LogP contribution in [0.2, 0.25) is 0 Å². The monoisotopic (exact) mass is 391 g/mol. The molecule has 0 aliphatic rings. The second-order valence-electron chi connectivity index (χ2n) is 6.42. The summed E-state index contributed by atoms with van der Waals surface area (Å²) in [6.07, 6.45) is 3.14. The van der Waals surface area contributed by atoms with Gasteiger partial charge in [-0.1, -0.05) is 11.3 Å². The van der Waals surface area contributed by atoms with Gasteiger partial charge in [-0.05, 0) is 49.7 Å². The zero-order chi connectivity index (χ0) is 19.7. The van der Waals surface area contributed by atoms with Crippen molar-refractivity contribution in [1.29, 1.82) is 0 Å². The quantitative estimate of drug-likeness (QED) is 0.577. The fourth-order valence-electron chi connectivity index (χ4n) is 2.81. The molecule has 0 fully saturated rings. The second kappa shape index (κ2) is 7.32. The fraction of sp³-hybridized carbons (Fsp3) is 0.150. The SMILES string of the molecule is Cc1cc(=O)n(CC(=O)Nc2ccc(-c3nc4cccnc4s3)cc2C)cn1. The van der Waals surface area contributed by atoms with Crippen LogP contribution in [-0.4, -0.2) is 25.4 Å². The smallest absolute Gasteiger partial charge is 0.253 e. The fourth-order valence-corrected chi connectivity index (χ4v) is 3.71. The van der Waals surface area contributed by atoms with Crippen molar-refractivity contribution < 1.29 is 4.79 Å². The summed E-state index contributed by atoms with van der Waals surface area (Å²) >= 11 is 1.53. The van der Waals surface area contributed by atoms with E-state index in [0.29, 0.717) is 11.4 Å². The number of carbonyl (C=O) groups excluding carboxylic acids is 1. The molecule has 0 unspecified atom stereocenters. The van der Waals surface area contributed by atoms with Gasteiger partial charge in [0.25, 0.3) is 5.56 Å². The molecule has 0 bridgehead atoms. The molecule has 8 heteroatoms. The number of benzene rings is 1. The lowest BCUT2D eigenvalue weighted by atomic mass is 10.1.